The van der Waals surface area contributed by atoms with E-state index in [4.69, 9.17) is 0 Å². The third-order valence-electron chi connectivity index (χ3n) is 2.91. The minimum absolute atomic E-state index is 0.221. The van der Waals surface area contributed by atoms with E-state index in [9.17, 15) is 5.11 Å². The maximum Gasteiger partial charge on any atom is 0.125 e. The Labute approximate surface area is 97.7 Å². The van der Waals surface area contributed by atoms with Crippen LogP contribution in [-0.2, 0) is 7.05 Å². The SMILES string of the molecule is CC(NCCC(O)C(C)C)c1nccn1C. The van der Waals surface area contributed by atoms with Crippen LogP contribution >= 0.6 is 0 Å². The van der Waals surface area contributed by atoms with Crippen LogP contribution in [0.15, 0.2) is 12.4 Å². The molecule has 0 aliphatic carbocycles. The van der Waals surface area contributed by atoms with Crippen LogP contribution in [0.3, 0.4) is 0 Å². The van der Waals surface area contributed by atoms with Crippen molar-refractivity contribution in [3.05, 3.63) is 18.2 Å². The summed E-state index contributed by atoms with van der Waals surface area (Å²) in [7, 11) is 1.99. The molecule has 16 heavy (non-hydrogen) atoms. The number of aromatic nitrogens is 2. The zero-order chi connectivity index (χ0) is 12.1. The van der Waals surface area contributed by atoms with Gasteiger partial charge in [-0.05, 0) is 25.8 Å². The van der Waals surface area contributed by atoms with Gasteiger partial charge in [-0.25, -0.2) is 4.98 Å². The second-order valence-corrected chi connectivity index (χ2v) is 4.67. The maximum absolute atomic E-state index is 9.66. The van der Waals surface area contributed by atoms with Crippen molar-refractivity contribution < 1.29 is 5.11 Å². The standard InChI is InChI=1S/C12H23N3O/c1-9(2)11(16)5-6-13-10(3)12-14-7-8-15(12)4/h7-11,13,16H,5-6H2,1-4H3. The number of hydrogen-bond acceptors (Lipinski definition) is 3. The van der Waals surface area contributed by atoms with Gasteiger partial charge in [0.15, 0.2) is 0 Å². The monoisotopic (exact) mass is 225 g/mol. The van der Waals surface area contributed by atoms with E-state index < -0.39 is 0 Å². The molecule has 2 unspecified atom stereocenters. The fourth-order valence-corrected chi connectivity index (χ4v) is 1.67. The molecule has 0 spiro atoms. The number of nitrogens with zero attached hydrogens (tertiary/aromatic N) is 2. The van der Waals surface area contributed by atoms with E-state index in [2.05, 4.69) is 17.2 Å². The molecular weight excluding hydrogens is 202 g/mol. The van der Waals surface area contributed by atoms with Crippen LogP contribution in [0.5, 0.6) is 0 Å². The summed E-state index contributed by atoms with van der Waals surface area (Å²) in [6.07, 6.45) is 4.31. The fraction of sp³-hybridized carbons (Fsp3) is 0.750. The van der Waals surface area contributed by atoms with Gasteiger partial charge in [-0.15, -0.1) is 0 Å². The summed E-state index contributed by atoms with van der Waals surface area (Å²) < 4.78 is 2.01. The molecule has 1 heterocycles. The molecule has 2 atom stereocenters. The molecular formula is C12H23N3O. The maximum atomic E-state index is 9.66. The van der Waals surface area contributed by atoms with Gasteiger partial charge < -0.3 is 15.0 Å². The van der Waals surface area contributed by atoms with Gasteiger partial charge in [0, 0.05) is 19.4 Å². The van der Waals surface area contributed by atoms with Gasteiger partial charge >= 0.3 is 0 Å². The van der Waals surface area contributed by atoms with E-state index in [1.54, 1.807) is 6.20 Å². The lowest BCUT2D eigenvalue weighted by molar-refractivity contribution is 0.115. The third kappa shape index (κ3) is 3.61. The van der Waals surface area contributed by atoms with Crippen LogP contribution in [0.4, 0.5) is 0 Å². The molecule has 1 aromatic heterocycles. The first kappa shape index (κ1) is 13.2. The van der Waals surface area contributed by atoms with Crippen molar-refractivity contribution in [2.45, 2.75) is 39.3 Å². The molecule has 0 radical (unpaired) electrons. The fourth-order valence-electron chi connectivity index (χ4n) is 1.67. The van der Waals surface area contributed by atoms with Gasteiger partial charge in [0.25, 0.3) is 0 Å². The predicted molar refractivity (Wildman–Crippen MR) is 65.1 cm³/mol. The zero-order valence-corrected chi connectivity index (χ0v) is 10.6. The minimum atomic E-state index is -0.221. The van der Waals surface area contributed by atoms with Crippen LogP contribution in [0.2, 0.25) is 0 Å². The lowest BCUT2D eigenvalue weighted by atomic mass is 10.0. The van der Waals surface area contributed by atoms with Crippen LogP contribution in [0.25, 0.3) is 0 Å². The van der Waals surface area contributed by atoms with Crippen LogP contribution in [0.1, 0.15) is 39.1 Å². The molecule has 4 nitrogen and oxygen atoms in total. The first-order chi connectivity index (χ1) is 7.52. The van der Waals surface area contributed by atoms with E-state index in [0.717, 1.165) is 18.8 Å². The second-order valence-electron chi connectivity index (χ2n) is 4.67. The van der Waals surface area contributed by atoms with Gasteiger partial charge in [0.1, 0.15) is 5.82 Å². The molecule has 0 aliphatic heterocycles. The average molecular weight is 225 g/mol. The van der Waals surface area contributed by atoms with Crippen molar-refractivity contribution in [2.24, 2.45) is 13.0 Å². The Morgan fingerprint density at radius 2 is 2.12 bits per heavy atom. The average Bonchev–Trinajstić information content (AvgIpc) is 2.64. The van der Waals surface area contributed by atoms with Gasteiger partial charge in [-0.1, -0.05) is 13.8 Å². The van der Waals surface area contributed by atoms with Crippen molar-refractivity contribution in [1.29, 1.82) is 0 Å². The Kier molecular flexibility index (Phi) is 4.96. The van der Waals surface area contributed by atoms with E-state index in [0.29, 0.717) is 5.92 Å². The summed E-state index contributed by atoms with van der Waals surface area (Å²) in [6.45, 7) is 6.97. The number of rotatable bonds is 6. The van der Waals surface area contributed by atoms with Crippen LogP contribution < -0.4 is 5.32 Å². The normalized spacial score (nSPS) is 15.4. The summed E-state index contributed by atoms with van der Waals surface area (Å²) in [5.74, 6) is 1.35. The topological polar surface area (TPSA) is 50.1 Å². The Hall–Kier alpha value is -0.870. The summed E-state index contributed by atoms with van der Waals surface area (Å²) in [5, 5.41) is 13.0. The highest BCUT2D eigenvalue weighted by molar-refractivity contribution is 4.96. The lowest BCUT2D eigenvalue weighted by Crippen LogP contribution is -2.27. The number of hydrogen-bond donors (Lipinski definition) is 2. The summed E-state index contributed by atoms with van der Waals surface area (Å²) in [6, 6.07) is 0.222. The van der Waals surface area contributed by atoms with Crippen molar-refractivity contribution in [3.8, 4) is 0 Å². The third-order valence-corrected chi connectivity index (χ3v) is 2.91. The summed E-state index contributed by atoms with van der Waals surface area (Å²) in [4.78, 5) is 4.29. The number of aryl methyl sites for hydroxylation is 1. The quantitative estimate of drug-likeness (QED) is 0.771. The summed E-state index contributed by atoms with van der Waals surface area (Å²) >= 11 is 0. The lowest BCUT2D eigenvalue weighted by Gasteiger charge is -2.17. The molecule has 0 aliphatic rings. The molecule has 92 valence electrons. The van der Waals surface area contributed by atoms with Gasteiger partial charge in [-0.3, -0.25) is 0 Å². The first-order valence-corrected chi connectivity index (χ1v) is 5.91. The summed E-state index contributed by atoms with van der Waals surface area (Å²) in [5.41, 5.74) is 0. The minimum Gasteiger partial charge on any atom is -0.393 e. The van der Waals surface area contributed by atoms with Crippen molar-refractivity contribution in [2.75, 3.05) is 6.54 Å². The molecule has 0 aromatic carbocycles. The molecule has 1 rings (SSSR count). The first-order valence-electron chi connectivity index (χ1n) is 5.91. The Balaban J connectivity index is 2.31. The van der Waals surface area contributed by atoms with Crippen LogP contribution in [0, 0.1) is 5.92 Å². The Bertz CT molecular complexity index is 309. The smallest absolute Gasteiger partial charge is 0.125 e. The predicted octanol–water partition coefficient (Wildman–Crippen LogP) is 1.48. The van der Waals surface area contributed by atoms with Crippen molar-refractivity contribution in [1.82, 2.24) is 14.9 Å². The molecule has 0 saturated carbocycles. The molecule has 0 fully saturated rings. The molecule has 0 bridgehead atoms. The van der Waals surface area contributed by atoms with Crippen molar-refractivity contribution >= 4 is 0 Å². The Morgan fingerprint density at radius 1 is 1.44 bits per heavy atom. The zero-order valence-electron chi connectivity index (χ0n) is 10.6. The second kappa shape index (κ2) is 6.01. The highest BCUT2D eigenvalue weighted by Gasteiger charge is 2.12. The van der Waals surface area contributed by atoms with Crippen LogP contribution in [-0.4, -0.2) is 27.3 Å². The molecule has 1 aromatic rings. The Morgan fingerprint density at radius 3 is 2.62 bits per heavy atom. The molecule has 0 amide bonds. The number of imidazole rings is 1. The van der Waals surface area contributed by atoms with E-state index in [-0.39, 0.29) is 12.1 Å². The number of nitrogens with one attached hydrogen (secondary N) is 1. The molecule has 0 saturated heterocycles. The van der Waals surface area contributed by atoms with Crippen molar-refractivity contribution in [3.63, 3.8) is 0 Å². The highest BCUT2D eigenvalue weighted by Crippen LogP contribution is 2.09. The van der Waals surface area contributed by atoms with Gasteiger partial charge in [0.05, 0.1) is 12.1 Å². The number of aliphatic hydroxyl groups is 1. The van der Waals surface area contributed by atoms with Gasteiger partial charge in [-0.2, -0.15) is 0 Å². The van der Waals surface area contributed by atoms with E-state index in [1.165, 1.54) is 0 Å². The highest BCUT2D eigenvalue weighted by atomic mass is 16.3. The molecule has 2 N–H and O–H groups in total. The molecule has 4 heteroatoms. The van der Waals surface area contributed by atoms with E-state index >= 15 is 0 Å². The largest absolute Gasteiger partial charge is 0.393 e. The van der Waals surface area contributed by atoms with E-state index in [1.807, 2.05) is 31.7 Å². The number of aliphatic hydroxyl groups excluding tert-OH is 1. The van der Waals surface area contributed by atoms with Gasteiger partial charge in [0.2, 0.25) is 0 Å².